The number of hydrogen-bond acceptors (Lipinski definition) is 6. The van der Waals surface area contributed by atoms with Gasteiger partial charge in [-0.05, 0) is 12.8 Å². The van der Waals surface area contributed by atoms with E-state index in [1.165, 1.54) is 6.20 Å². The molecule has 3 rings (SSSR count). The van der Waals surface area contributed by atoms with Crippen molar-refractivity contribution in [1.29, 1.82) is 5.41 Å². The van der Waals surface area contributed by atoms with Crippen molar-refractivity contribution in [2.24, 2.45) is 11.5 Å². The zero-order valence-corrected chi connectivity index (χ0v) is 14.0. The second-order valence-corrected chi connectivity index (χ2v) is 6.50. The van der Waals surface area contributed by atoms with Crippen LogP contribution in [-0.2, 0) is 6.54 Å². The minimum absolute atomic E-state index is 0.0420. The molecule has 128 valence electrons. The highest BCUT2D eigenvalue weighted by Crippen LogP contribution is 2.35. The Morgan fingerprint density at radius 2 is 2.17 bits per heavy atom. The average molecular weight is 349 g/mol. The Morgan fingerprint density at radius 1 is 1.42 bits per heavy atom. The van der Waals surface area contributed by atoms with Crippen LogP contribution in [-0.4, -0.2) is 29.2 Å². The summed E-state index contributed by atoms with van der Waals surface area (Å²) in [5, 5.41) is 14.0. The topological polar surface area (TPSA) is 130 Å². The number of anilines is 1. The molecule has 0 aromatic carbocycles. The molecule has 0 bridgehead atoms. The van der Waals surface area contributed by atoms with Crippen molar-refractivity contribution in [1.82, 2.24) is 10.3 Å². The first-order valence-corrected chi connectivity index (χ1v) is 8.40. The number of pyridine rings is 1. The van der Waals surface area contributed by atoms with Gasteiger partial charge in [0.15, 0.2) is 0 Å². The fraction of sp³-hybridized carbons (Fsp3) is 0.438. The lowest BCUT2D eigenvalue weighted by Gasteiger charge is -2.30. The number of carbonyl (C=O) groups excluding carboxylic acids is 1. The molecule has 8 heteroatoms. The number of allylic oxidation sites excluding steroid dienone is 1. The van der Waals surface area contributed by atoms with Gasteiger partial charge in [0.25, 0.3) is 5.91 Å². The van der Waals surface area contributed by atoms with Crippen LogP contribution in [0.2, 0.25) is 5.02 Å². The zero-order chi connectivity index (χ0) is 17.3. The summed E-state index contributed by atoms with van der Waals surface area (Å²) in [6, 6.07) is 0.130. The molecule has 2 aliphatic rings. The van der Waals surface area contributed by atoms with Crippen LogP contribution in [0, 0.1) is 5.41 Å². The number of nitrogens with zero attached hydrogens (tertiary/aromatic N) is 1. The third kappa shape index (κ3) is 2.85. The van der Waals surface area contributed by atoms with E-state index in [-0.39, 0.29) is 18.0 Å². The maximum atomic E-state index is 12.1. The standard InChI is InChI=1S/C16H21ClN6O/c17-13-9-7-21-16(24)12(9)14(8(5-18)6-19)23-15(13)22-11-4-2-1-3-10(11)20/h5-6,10-11,18H,1-4,7,19-20H2,(H,21,24)(H,22,23)/b8-6+,18-5?/t10-,11+/m0/s1. The van der Waals surface area contributed by atoms with E-state index < -0.39 is 0 Å². The molecule has 1 aromatic heterocycles. The van der Waals surface area contributed by atoms with Gasteiger partial charge in [-0.15, -0.1) is 0 Å². The second kappa shape index (κ2) is 6.78. The molecule has 2 atom stereocenters. The summed E-state index contributed by atoms with van der Waals surface area (Å²) in [5.74, 6) is 0.238. The fourth-order valence-corrected chi connectivity index (χ4v) is 3.55. The van der Waals surface area contributed by atoms with Gasteiger partial charge in [-0.3, -0.25) is 4.79 Å². The molecule has 2 heterocycles. The summed E-state index contributed by atoms with van der Waals surface area (Å²) in [7, 11) is 0. The van der Waals surface area contributed by atoms with Crippen LogP contribution in [0.15, 0.2) is 6.20 Å². The van der Waals surface area contributed by atoms with Crippen molar-refractivity contribution >= 4 is 35.1 Å². The maximum Gasteiger partial charge on any atom is 0.254 e. The lowest BCUT2D eigenvalue weighted by molar-refractivity contribution is 0.0965. The van der Waals surface area contributed by atoms with Gasteiger partial charge in [0.1, 0.15) is 5.82 Å². The van der Waals surface area contributed by atoms with Crippen LogP contribution >= 0.6 is 11.6 Å². The number of hydrogen-bond donors (Lipinski definition) is 5. The molecule has 24 heavy (non-hydrogen) atoms. The molecule has 1 aliphatic carbocycles. The minimum atomic E-state index is -0.253. The van der Waals surface area contributed by atoms with Gasteiger partial charge in [0.05, 0.1) is 16.3 Å². The number of halogens is 1. The van der Waals surface area contributed by atoms with E-state index in [9.17, 15) is 4.79 Å². The number of rotatable bonds is 4. The molecule has 1 aliphatic heterocycles. The van der Waals surface area contributed by atoms with Gasteiger partial charge in [-0.2, -0.15) is 0 Å². The van der Waals surface area contributed by atoms with Gasteiger partial charge in [-0.1, -0.05) is 24.4 Å². The molecule has 0 saturated heterocycles. The van der Waals surface area contributed by atoms with Crippen molar-refractivity contribution in [3.05, 3.63) is 28.0 Å². The van der Waals surface area contributed by atoms with E-state index in [1.54, 1.807) is 0 Å². The molecule has 0 radical (unpaired) electrons. The highest BCUT2D eigenvalue weighted by atomic mass is 35.5. The molecule has 1 aromatic rings. The number of aromatic nitrogens is 1. The Hall–Kier alpha value is -2.12. The Kier molecular flexibility index (Phi) is 4.73. The minimum Gasteiger partial charge on any atom is -0.404 e. The van der Waals surface area contributed by atoms with Crippen LogP contribution in [0.1, 0.15) is 47.3 Å². The summed E-state index contributed by atoms with van der Waals surface area (Å²) in [5.41, 5.74) is 13.6. The number of nitrogens with two attached hydrogens (primary N) is 2. The van der Waals surface area contributed by atoms with Crippen LogP contribution < -0.4 is 22.1 Å². The first kappa shape index (κ1) is 16.7. The Morgan fingerprint density at radius 3 is 2.83 bits per heavy atom. The molecule has 1 saturated carbocycles. The molecular formula is C16H21ClN6O. The summed E-state index contributed by atoms with van der Waals surface area (Å²) in [6.07, 6.45) is 6.50. The van der Waals surface area contributed by atoms with Crippen molar-refractivity contribution in [2.45, 2.75) is 44.3 Å². The molecular weight excluding hydrogens is 328 g/mol. The fourth-order valence-electron chi connectivity index (χ4n) is 3.29. The third-order valence-electron chi connectivity index (χ3n) is 4.64. The number of nitrogens with one attached hydrogen (secondary N) is 3. The van der Waals surface area contributed by atoms with Crippen molar-refractivity contribution in [3.63, 3.8) is 0 Å². The van der Waals surface area contributed by atoms with Crippen molar-refractivity contribution < 1.29 is 4.79 Å². The summed E-state index contributed by atoms with van der Waals surface area (Å²) in [4.78, 5) is 16.6. The van der Waals surface area contributed by atoms with Gasteiger partial charge < -0.3 is 27.5 Å². The monoisotopic (exact) mass is 348 g/mol. The Labute approximate surface area is 145 Å². The van der Waals surface area contributed by atoms with Crippen LogP contribution in [0.4, 0.5) is 5.82 Å². The van der Waals surface area contributed by atoms with Gasteiger partial charge in [0, 0.05) is 42.2 Å². The van der Waals surface area contributed by atoms with Crippen LogP contribution in [0.25, 0.3) is 5.57 Å². The highest BCUT2D eigenvalue weighted by molar-refractivity contribution is 6.34. The normalized spacial score (nSPS) is 23.6. The molecule has 0 spiro atoms. The first-order chi connectivity index (χ1) is 11.6. The summed E-state index contributed by atoms with van der Waals surface area (Å²) in [6.45, 7) is 0.337. The molecule has 1 fully saturated rings. The van der Waals surface area contributed by atoms with Gasteiger partial charge in [-0.25, -0.2) is 4.98 Å². The lowest BCUT2D eigenvalue weighted by atomic mass is 9.91. The van der Waals surface area contributed by atoms with E-state index in [1.807, 2.05) is 0 Å². The third-order valence-corrected chi connectivity index (χ3v) is 5.04. The Balaban J connectivity index is 2.06. The van der Waals surface area contributed by atoms with Crippen LogP contribution in [0.3, 0.4) is 0 Å². The number of carbonyl (C=O) groups is 1. The summed E-state index contributed by atoms with van der Waals surface area (Å²) < 4.78 is 0. The number of fused-ring (bicyclic) bond motifs is 1. The van der Waals surface area contributed by atoms with E-state index >= 15 is 0 Å². The van der Waals surface area contributed by atoms with E-state index in [0.717, 1.165) is 31.9 Å². The highest BCUT2D eigenvalue weighted by Gasteiger charge is 2.31. The van der Waals surface area contributed by atoms with E-state index in [0.29, 0.717) is 39.8 Å². The predicted octanol–water partition coefficient (Wildman–Crippen LogP) is 1.61. The molecule has 0 unspecified atom stereocenters. The molecule has 1 amide bonds. The Bertz CT molecular complexity index is 717. The lowest BCUT2D eigenvalue weighted by Crippen LogP contribution is -2.42. The van der Waals surface area contributed by atoms with E-state index in [2.05, 4.69) is 15.6 Å². The predicted molar refractivity (Wildman–Crippen MR) is 95.2 cm³/mol. The average Bonchev–Trinajstić information content (AvgIpc) is 2.97. The number of amides is 1. The maximum absolute atomic E-state index is 12.1. The second-order valence-electron chi connectivity index (χ2n) is 6.12. The SMILES string of the molecule is N=C/C(=C\N)c1nc(N[C@@H]2CCCC[C@@H]2N)c(Cl)c2c1C(=O)NC2. The zero-order valence-electron chi connectivity index (χ0n) is 13.2. The van der Waals surface area contributed by atoms with Crippen molar-refractivity contribution in [3.8, 4) is 0 Å². The molecule has 7 nitrogen and oxygen atoms in total. The van der Waals surface area contributed by atoms with Crippen molar-refractivity contribution in [2.75, 3.05) is 5.32 Å². The largest absolute Gasteiger partial charge is 0.404 e. The van der Waals surface area contributed by atoms with E-state index in [4.69, 9.17) is 28.5 Å². The quantitative estimate of drug-likeness (QED) is 0.528. The van der Waals surface area contributed by atoms with Gasteiger partial charge in [0.2, 0.25) is 0 Å². The summed E-state index contributed by atoms with van der Waals surface area (Å²) >= 11 is 6.48. The smallest absolute Gasteiger partial charge is 0.254 e. The molecule has 7 N–H and O–H groups in total. The first-order valence-electron chi connectivity index (χ1n) is 8.02. The van der Waals surface area contributed by atoms with Crippen LogP contribution in [0.5, 0.6) is 0 Å². The van der Waals surface area contributed by atoms with Gasteiger partial charge >= 0.3 is 0 Å².